The molecule has 0 aliphatic rings. The van der Waals surface area contributed by atoms with Crippen LogP contribution in [-0.4, -0.2) is 26.0 Å². The molecule has 0 saturated heterocycles. The van der Waals surface area contributed by atoms with Gasteiger partial charge >= 0.3 is 0 Å². The highest BCUT2D eigenvalue weighted by molar-refractivity contribution is 5.93. The van der Waals surface area contributed by atoms with Crippen molar-refractivity contribution in [2.75, 3.05) is 5.73 Å². The number of hydrogen-bond acceptors (Lipinski definition) is 5. The summed E-state index contributed by atoms with van der Waals surface area (Å²) in [6, 6.07) is 16.2. The highest BCUT2D eigenvalue weighted by atomic mass is 19.1. The van der Waals surface area contributed by atoms with Crippen molar-refractivity contribution in [3.63, 3.8) is 0 Å². The number of nitrogens with two attached hydrogens (primary N) is 1. The number of nitrogen functional groups attached to an aromatic ring is 1. The van der Waals surface area contributed by atoms with Gasteiger partial charge in [-0.15, -0.1) is 0 Å². The molecule has 5 rings (SSSR count). The molecule has 3 aromatic heterocycles. The van der Waals surface area contributed by atoms with Gasteiger partial charge in [0.15, 0.2) is 5.82 Å². The first-order valence-electron chi connectivity index (χ1n) is 11.6. The summed E-state index contributed by atoms with van der Waals surface area (Å²) in [7, 11) is 0. The van der Waals surface area contributed by atoms with Crippen molar-refractivity contribution >= 4 is 22.6 Å². The summed E-state index contributed by atoms with van der Waals surface area (Å²) in [6.07, 6.45) is 1.46. The summed E-state index contributed by atoms with van der Waals surface area (Å²) in [5.41, 5.74) is 7.39. The molecular weight excluding hydrogens is 488 g/mol. The van der Waals surface area contributed by atoms with Crippen LogP contribution in [0.25, 0.3) is 10.9 Å². The molecule has 0 aliphatic carbocycles. The lowest BCUT2D eigenvalue weighted by Crippen LogP contribution is -2.30. The van der Waals surface area contributed by atoms with Crippen LogP contribution >= 0.6 is 0 Å². The van der Waals surface area contributed by atoms with Crippen LogP contribution in [0, 0.1) is 30.4 Å². The second kappa shape index (κ2) is 10.0. The van der Waals surface area contributed by atoms with Gasteiger partial charge in [0.05, 0.1) is 17.3 Å². The number of amides is 1. The Morgan fingerprint density at radius 2 is 1.89 bits per heavy atom. The van der Waals surface area contributed by atoms with Gasteiger partial charge in [-0.3, -0.25) is 4.79 Å². The molecule has 5 aromatic rings. The Morgan fingerprint density at radius 1 is 1.08 bits per heavy atom. The fourth-order valence-corrected chi connectivity index (χ4v) is 4.02. The van der Waals surface area contributed by atoms with E-state index >= 15 is 0 Å². The number of nitrogens with one attached hydrogen (secondary N) is 2. The molecule has 0 spiro atoms. The molecule has 2 aromatic carbocycles. The first kappa shape index (κ1) is 24.5. The molecule has 0 aliphatic heterocycles. The Balaban J connectivity index is 1.53. The SMILES string of the molecule is Cc1nc(C(=O)NC(c2cc3ccccc3[nH]2)c2cc(F)ccc2O)cc(C#Cc2ccc(N)nc2)c1F. The van der Waals surface area contributed by atoms with Gasteiger partial charge in [0, 0.05) is 28.5 Å². The number of H-pyrrole nitrogens is 1. The number of para-hydroxylation sites is 1. The van der Waals surface area contributed by atoms with Gasteiger partial charge in [0.1, 0.15) is 23.1 Å². The lowest BCUT2D eigenvalue weighted by molar-refractivity contribution is 0.0936. The molecule has 1 atom stereocenters. The monoisotopic (exact) mass is 509 g/mol. The van der Waals surface area contributed by atoms with Crippen molar-refractivity contribution in [3.05, 3.63) is 118 Å². The number of phenols is 1. The highest BCUT2D eigenvalue weighted by Gasteiger charge is 2.24. The molecule has 1 unspecified atom stereocenters. The number of fused-ring (bicyclic) bond motifs is 1. The third-order valence-electron chi connectivity index (χ3n) is 5.92. The van der Waals surface area contributed by atoms with Crippen LogP contribution in [-0.2, 0) is 0 Å². The molecule has 7 nitrogen and oxygen atoms in total. The normalized spacial score (nSPS) is 11.6. The van der Waals surface area contributed by atoms with Crippen molar-refractivity contribution in [2.24, 2.45) is 0 Å². The molecule has 38 heavy (non-hydrogen) atoms. The predicted molar refractivity (Wildman–Crippen MR) is 139 cm³/mol. The Kier molecular flexibility index (Phi) is 6.46. The van der Waals surface area contributed by atoms with Crippen LogP contribution < -0.4 is 11.1 Å². The van der Waals surface area contributed by atoms with Crippen molar-refractivity contribution in [3.8, 4) is 17.6 Å². The number of rotatable bonds is 4. The molecule has 0 radical (unpaired) electrons. The van der Waals surface area contributed by atoms with Crippen molar-refractivity contribution in [1.82, 2.24) is 20.3 Å². The number of aromatic hydroxyl groups is 1. The van der Waals surface area contributed by atoms with Crippen LogP contribution in [0.3, 0.4) is 0 Å². The number of anilines is 1. The van der Waals surface area contributed by atoms with Crippen LogP contribution in [0.4, 0.5) is 14.6 Å². The lowest BCUT2D eigenvalue weighted by atomic mass is 10.0. The van der Waals surface area contributed by atoms with E-state index in [-0.39, 0.29) is 28.3 Å². The van der Waals surface area contributed by atoms with Gasteiger partial charge in [0.25, 0.3) is 5.91 Å². The Morgan fingerprint density at radius 3 is 2.66 bits per heavy atom. The number of phenolic OH excluding ortho intramolecular Hbond substituents is 1. The number of carbonyl (C=O) groups is 1. The summed E-state index contributed by atoms with van der Waals surface area (Å²) in [5.74, 6) is 3.72. The number of benzene rings is 2. The quantitative estimate of drug-likeness (QED) is 0.261. The predicted octanol–water partition coefficient (Wildman–Crippen LogP) is 4.75. The molecule has 1 amide bonds. The van der Waals surface area contributed by atoms with Gasteiger partial charge < -0.3 is 21.1 Å². The van der Waals surface area contributed by atoms with E-state index in [4.69, 9.17) is 5.73 Å². The largest absolute Gasteiger partial charge is 0.508 e. The number of hydrogen-bond donors (Lipinski definition) is 4. The van der Waals surface area contributed by atoms with Gasteiger partial charge in [-0.2, -0.15) is 0 Å². The van der Waals surface area contributed by atoms with E-state index in [1.807, 2.05) is 24.3 Å². The van der Waals surface area contributed by atoms with Crippen LogP contribution in [0.15, 0.2) is 72.9 Å². The van der Waals surface area contributed by atoms with E-state index < -0.39 is 23.6 Å². The molecular formula is C29H21F2N5O2. The maximum Gasteiger partial charge on any atom is 0.270 e. The minimum Gasteiger partial charge on any atom is -0.508 e. The number of aryl methyl sites for hydroxylation is 1. The van der Waals surface area contributed by atoms with E-state index in [9.17, 15) is 18.7 Å². The van der Waals surface area contributed by atoms with E-state index in [1.54, 1.807) is 18.2 Å². The van der Waals surface area contributed by atoms with Crippen molar-refractivity contribution in [2.45, 2.75) is 13.0 Å². The minimum absolute atomic E-state index is 0.0202. The average Bonchev–Trinajstić information content (AvgIpc) is 3.34. The zero-order valence-electron chi connectivity index (χ0n) is 20.1. The average molecular weight is 510 g/mol. The molecule has 0 bridgehead atoms. The standard InChI is InChI=1S/C29H21F2N5O2/c1-16-27(31)19(8-6-17-7-11-26(32)33-15-17)13-24(34-16)29(38)36-28(21-14-20(30)9-10-25(21)37)23-12-18-4-2-3-5-22(18)35-23/h2-5,7,9-15,28,35,37H,1H3,(H2,32,33)(H,36,38). The zero-order chi connectivity index (χ0) is 26.8. The molecule has 0 saturated carbocycles. The van der Waals surface area contributed by atoms with Crippen LogP contribution in [0.1, 0.15) is 44.6 Å². The minimum atomic E-state index is -0.965. The lowest BCUT2D eigenvalue weighted by Gasteiger charge is -2.19. The third kappa shape index (κ3) is 5.01. The molecule has 3 heterocycles. The van der Waals surface area contributed by atoms with Crippen molar-refractivity contribution < 1.29 is 18.7 Å². The number of nitrogens with zero attached hydrogens (tertiary/aromatic N) is 2. The van der Waals surface area contributed by atoms with Crippen LogP contribution in [0.5, 0.6) is 5.75 Å². The Hall–Kier alpha value is -5.23. The Labute approximate surface area is 216 Å². The fraction of sp³-hybridized carbons (Fsp3) is 0.0690. The number of pyridine rings is 2. The Bertz CT molecular complexity index is 1700. The van der Waals surface area contributed by atoms with Crippen molar-refractivity contribution in [1.29, 1.82) is 0 Å². The highest BCUT2D eigenvalue weighted by Crippen LogP contribution is 2.32. The summed E-state index contributed by atoms with van der Waals surface area (Å²) < 4.78 is 29.0. The van der Waals surface area contributed by atoms with E-state index in [0.29, 0.717) is 17.1 Å². The zero-order valence-corrected chi connectivity index (χ0v) is 20.1. The van der Waals surface area contributed by atoms with E-state index in [1.165, 1.54) is 25.3 Å². The maximum absolute atomic E-state index is 14.8. The molecule has 0 fully saturated rings. The second-order valence-corrected chi connectivity index (χ2v) is 8.60. The van der Waals surface area contributed by atoms with Gasteiger partial charge in [-0.1, -0.05) is 30.0 Å². The van der Waals surface area contributed by atoms with E-state index in [2.05, 4.69) is 32.1 Å². The molecule has 9 heteroatoms. The second-order valence-electron chi connectivity index (χ2n) is 8.60. The maximum atomic E-state index is 14.8. The van der Waals surface area contributed by atoms with Gasteiger partial charge in [-0.25, -0.2) is 18.7 Å². The number of aromatic amines is 1. The summed E-state index contributed by atoms with van der Waals surface area (Å²) >= 11 is 0. The smallest absolute Gasteiger partial charge is 0.270 e. The van der Waals surface area contributed by atoms with Crippen LogP contribution in [0.2, 0.25) is 0 Å². The van der Waals surface area contributed by atoms with E-state index in [0.717, 1.165) is 23.0 Å². The molecule has 188 valence electrons. The third-order valence-corrected chi connectivity index (χ3v) is 5.92. The van der Waals surface area contributed by atoms with Gasteiger partial charge in [-0.05, 0) is 60.8 Å². The summed E-state index contributed by atoms with van der Waals surface area (Å²) in [4.78, 5) is 24.6. The number of halogens is 2. The fourth-order valence-electron chi connectivity index (χ4n) is 4.02. The first-order valence-corrected chi connectivity index (χ1v) is 11.6. The number of aromatic nitrogens is 3. The number of carbonyl (C=O) groups excluding carboxylic acids is 1. The van der Waals surface area contributed by atoms with Gasteiger partial charge in [0.2, 0.25) is 0 Å². The molecule has 5 N–H and O–H groups in total. The summed E-state index contributed by atoms with van der Waals surface area (Å²) in [5, 5.41) is 14.2. The first-order chi connectivity index (χ1) is 18.3. The topological polar surface area (TPSA) is 117 Å². The summed E-state index contributed by atoms with van der Waals surface area (Å²) in [6.45, 7) is 1.43.